The molecule has 1 fully saturated rings. The highest BCUT2D eigenvalue weighted by molar-refractivity contribution is 6.24. The standard InChI is InChI=1S/C33H34N2O7/c1-14(2)19-13-20(17-9-15-7-5-6-8-16(15)10-17)27(36)24-21(19)11-18-12-22-26(35(3)4)29(38)25(32(34)41)31(40)33(22,42)30(39)23(18)28(24)37/h5-9,13-14,18,22,26,36-37,40,42H,10-12H2,1-4H3,(H2,34,41)/t18-,22-,26-,33-/m0/s1. The molecule has 9 heteroatoms. The molecule has 4 aliphatic rings. The quantitative estimate of drug-likeness (QED) is 0.350. The highest BCUT2D eigenvalue weighted by Gasteiger charge is 2.64. The van der Waals surface area contributed by atoms with Crippen molar-refractivity contribution in [1.82, 2.24) is 4.90 Å². The fourth-order valence-electron chi connectivity index (χ4n) is 7.55. The summed E-state index contributed by atoms with van der Waals surface area (Å²) in [7, 11) is 3.17. The number of aliphatic hydroxyl groups excluding tert-OH is 2. The van der Waals surface area contributed by atoms with Crippen molar-refractivity contribution < 1.29 is 34.8 Å². The Morgan fingerprint density at radius 3 is 2.43 bits per heavy atom. The number of nitrogens with zero attached hydrogens (tertiary/aromatic N) is 1. The average molecular weight is 571 g/mol. The van der Waals surface area contributed by atoms with Gasteiger partial charge in [-0.25, -0.2) is 0 Å². The minimum absolute atomic E-state index is 0.0175. The summed E-state index contributed by atoms with van der Waals surface area (Å²) in [5, 5.41) is 46.3. The van der Waals surface area contributed by atoms with Crippen molar-refractivity contribution in [2.45, 2.75) is 50.7 Å². The van der Waals surface area contributed by atoms with Crippen molar-refractivity contribution in [3.05, 3.63) is 80.6 Å². The summed E-state index contributed by atoms with van der Waals surface area (Å²) in [6, 6.07) is 8.77. The Morgan fingerprint density at radius 2 is 1.81 bits per heavy atom. The van der Waals surface area contributed by atoms with Gasteiger partial charge in [0.1, 0.15) is 22.8 Å². The zero-order valence-electron chi connectivity index (χ0n) is 23.9. The van der Waals surface area contributed by atoms with E-state index < -0.39 is 58.0 Å². The average Bonchev–Trinajstić information content (AvgIpc) is 3.34. The van der Waals surface area contributed by atoms with Crippen LogP contribution in [-0.4, -0.2) is 68.5 Å². The largest absolute Gasteiger partial charge is 0.508 e. The van der Waals surface area contributed by atoms with Crippen LogP contribution < -0.4 is 5.73 Å². The number of hydrogen-bond donors (Lipinski definition) is 5. The number of Topliss-reactive ketones (excluding diaryl/α,β-unsaturated/α-hetero) is 2. The maximum Gasteiger partial charge on any atom is 0.255 e. The number of aromatic hydroxyl groups is 1. The van der Waals surface area contributed by atoms with Crippen LogP contribution in [-0.2, 0) is 27.2 Å². The molecule has 0 saturated heterocycles. The van der Waals surface area contributed by atoms with Crippen LogP contribution in [0.1, 0.15) is 59.6 Å². The first-order valence-electron chi connectivity index (χ1n) is 14.1. The first-order valence-corrected chi connectivity index (χ1v) is 14.1. The highest BCUT2D eigenvalue weighted by Crippen LogP contribution is 2.54. The number of phenols is 1. The third-order valence-corrected chi connectivity index (χ3v) is 9.49. The maximum atomic E-state index is 14.2. The monoisotopic (exact) mass is 570 g/mol. The Bertz CT molecular complexity index is 1700. The van der Waals surface area contributed by atoms with E-state index in [9.17, 15) is 34.8 Å². The van der Waals surface area contributed by atoms with Crippen molar-refractivity contribution >= 4 is 34.9 Å². The zero-order valence-corrected chi connectivity index (χ0v) is 23.9. The number of likely N-dealkylation sites (N-methyl/N-ethyl adjacent to an activating group) is 1. The van der Waals surface area contributed by atoms with Gasteiger partial charge in [0.05, 0.1) is 11.6 Å². The van der Waals surface area contributed by atoms with Gasteiger partial charge in [-0.2, -0.15) is 0 Å². The number of ketones is 2. The van der Waals surface area contributed by atoms with Crippen LogP contribution in [0, 0.1) is 11.8 Å². The Balaban J connectivity index is 1.56. The summed E-state index contributed by atoms with van der Waals surface area (Å²) in [6.07, 6.45) is 2.93. The maximum absolute atomic E-state index is 14.2. The lowest BCUT2D eigenvalue weighted by Gasteiger charge is -2.50. The predicted molar refractivity (Wildman–Crippen MR) is 156 cm³/mol. The normalized spacial score (nSPS) is 26.7. The summed E-state index contributed by atoms with van der Waals surface area (Å²) < 4.78 is 0. The molecule has 6 N–H and O–H groups in total. The molecule has 0 heterocycles. The van der Waals surface area contributed by atoms with E-state index in [4.69, 9.17) is 5.73 Å². The molecule has 218 valence electrons. The number of benzene rings is 2. The molecular formula is C33H34N2O7. The second-order valence-electron chi connectivity index (χ2n) is 12.4. The molecule has 6 rings (SSSR count). The molecule has 1 saturated carbocycles. The van der Waals surface area contributed by atoms with Crippen LogP contribution in [0.2, 0.25) is 0 Å². The summed E-state index contributed by atoms with van der Waals surface area (Å²) in [6.45, 7) is 4.04. The van der Waals surface area contributed by atoms with Crippen LogP contribution in [0.4, 0.5) is 0 Å². The molecule has 4 atom stereocenters. The number of carbonyl (C=O) groups is 3. The van der Waals surface area contributed by atoms with E-state index >= 15 is 0 Å². The van der Waals surface area contributed by atoms with Crippen LogP contribution in [0.5, 0.6) is 5.75 Å². The van der Waals surface area contributed by atoms with Gasteiger partial charge in [0, 0.05) is 17.1 Å². The lowest BCUT2D eigenvalue weighted by molar-refractivity contribution is -0.153. The summed E-state index contributed by atoms with van der Waals surface area (Å²) in [4.78, 5) is 41.2. The van der Waals surface area contributed by atoms with E-state index in [1.807, 2.05) is 50.3 Å². The van der Waals surface area contributed by atoms with Crippen LogP contribution in [0.15, 0.2) is 47.2 Å². The lowest BCUT2D eigenvalue weighted by atomic mass is 9.57. The number of phenolic OH excluding ortho intramolecular Hbond substituents is 1. The first kappa shape index (κ1) is 27.9. The number of aliphatic hydroxyl groups is 3. The number of amides is 1. The van der Waals surface area contributed by atoms with Crippen LogP contribution >= 0.6 is 0 Å². The van der Waals surface area contributed by atoms with Gasteiger partial charge in [-0.05, 0) is 79.1 Å². The molecule has 0 spiro atoms. The summed E-state index contributed by atoms with van der Waals surface area (Å²) >= 11 is 0. The number of primary amides is 1. The Labute approximate surface area is 243 Å². The van der Waals surface area contributed by atoms with E-state index in [0.717, 1.165) is 22.3 Å². The number of rotatable bonds is 4. The fourth-order valence-corrected chi connectivity index (χ4v) is 7.55. The van der Waals surface area contributed by atoms with Gasteiger partial charge >= 0.3 is 0 Å². The molecule has 0 unspecified atom stereocenters. The van der Waals surface area contributed by atoms with Gasteiger partial charge in [0.15, 0.2) is 11.4 Å². The van der Waals surface area contributed by atoms with E-state index in [1.165, 1.54) is 4.90 Å². The fraction of sp³-hybridized carbons (Fsp3) is 0.364. The summed E-state index contributed by atoms with van der Waals surface area (Å²) in [5.74, 6) is -6.45. The molecule has 0 aromatic heterocycles. The molecule has 42 heavy (non-hydrogen) atoms. The number of fused-ring (bicyclic) bond motifs is 4. The van der Waals surface area contributed by atoms with Gasteiger partial charge < -0.3 is 26.2 Å². The minimum Gasteiger partial charge on any atom is -0.508 e. The predicted octanol–water partition coefficient (Wildman–Crippen LogP) is 3.18. The Morgan fingerprint density at radius 1 is 1.12 bits per heavy atom. The van der Waals surface area contributed by atoms with Crippen LogP contribution in [0.3, 0.4) is 0 Å². The van der Waals surface area contributed by atoms with E-state index in [-0.39, 0.29) is 35.6 Å². The number of nitrogens with two attached hydrogens (primary N) is 1. The van der Waals surface area contributed by atoms with Crippen molar-refractivity contribution in [2.24, 2.45) is 17.6 Å². The second kappa shape index (κ2) is 9.40. The third-order valence-electron chi connectivity index (χ3n) is 9.49. The van der Waals surface area contributed by atoms with Crippen molar-refractivity contribution in [2.75, 3.05) is 14.1 Å². The number of allylic oxidation sites excluding steroid dienone is 1. The molecule has 0 aliphatic heterocycles. The smallest absolute Gasteiger partial charge is 0.255 e. The highest BCUT2D eigenvalue weighted by atomic mass is 16.3. The van der Waals surface area contributed by atoms with E-state index in [1.54, 1.807) is 14.1 Å². The van der Waals surface area contributed by atoms with Gasteiger partial charge in [-0.3, -0.25) is 19.3 Å². The molecule has 0 radical (unpaired) electrons. The Kier molecular flexibility index (Phi) is 6.25. The van der Waals surface area contributed by atoms with Crippen molar-refractivity contribution in [3.63, 3.8) is 0 Å². The number of carbonyl (C=O) groups excluding carboxylic acids is 3. The van der Waals surface area contributed by atoms with E-state index in [2.05, 4.69) is 0 Å². The van der Waals surface area contributed by atoms with E-state index in [0.29, 0.717) is 17.5 Å². The van der Waals surface area contributed by atoms with Gasteiger partial charge in [-0.1, -0.05) is 44.2 Å². The Hall–Kier alpha value is -4.21. The lowest BCUT2D eigenvalue weighted by Crippen LogP contribution is -2.65. The minimum atomic E-state index is -2.66. The molecular weight excluding hydrogens is 536 g/mol. The second-order valence-corrected chi connectivity index (χ2v) is 12.4. The number of hydrogen-bond acceptors (Lipinski definition) is 8. The van der Waals surface area contributed by atoms with Crippen LogP contribution in [0.25, 0.3) is 17.4 Å². The third kappa shape index (κ3) is 3.66. The molecule has 4 aliphatic carbocycles. The molecule has 2 aromatic rings. The van der Waals surface area contributed by atoms with Crippen molar-refractivity contribution in [1.29, 1.82) is 0 Å². The van der Waals surface area contributed by atoms with Gasteiger partial charge in [0.25, 0.3) is 5.91 Å². The topological polar surface area (TPSA) is 161 Å². The van der Waals surface area contributed by atoms with Gasteiger partial charge in [0.2, 0.25) is 5.78 Å². The van der Waals surface area contributed by atoms with Gasteiger partial charge in [-0.15, -0.1) is 0 Å². The molecule has 2 aromatic carbocycles. The zero-order chi connectivity index (χ0) is 30.4. The molecule has 9 nitrogen and oxygen atoms in total. The van der Waals surface area contributed by atoms with Crippen molar-refractivity contribution in [3.8, 4) is 5.75 Å². The molecule has 0 bridgehead atoms. The SMILES string of the molecule is CC(C)c1cc(C2=Cc3ccccc3C2)c(O)c2c1C[C@H]1C[C@H]3[C@H](N(C)C)C(=O)C(C(N)=O)=C(O)[C@@]3(O)C(=O)C1=C2O. The summed E-state index contributed by atoms with van der Waals surface area (Å²) in [5.41, 5.74) is 7.11. The molecule has 1 amide bonds. The first-order chi connectivity index (χ1) is 19.8.